The molecule has 28 heavy (non-hydrogen) atoms. The van der Waals surface area contributed by atoms with E-state index in [-0.39, 0.29) is 35.4 Å². The van der Waals surface area contributed by atoms with Crippen molar-refractivity contribution in [2.75, 3.05) is 38.6 Å². The van der Waals surface area contributed by atoms with Crippen LogP contribution in [-0.2, 0) is 14.6 Å². The lowest BCUT2D eigenvalue weighted by Gasteiger charge is -2.22. The van der Waals surface area contributed by atoms with Gasteiger partial charge in [0.15, 0.2) is 21.3 Å². The SMILES string of the molecule is Cl.O=C(CCS(=O)(=O)c1ccc2c(c1)OCCCO2)NCCC1CCCNC1. The molecular formula is C19H29ClN2O5S. The largest absolute Gasteiger partial charge is 0.490 e. The fourth-order valence-electron chi connectivity index (χ4n) is 3.36. The first-order chi connectivity index (χ1) is 13.0. The van der Waals surface area contributed by atoms with Crippen LogP contribution in [0.1, 0.15) is 32.1 Å². The Balaban J connectivity index is 0.00000280. The number of carbonyl (C=O) groups excluding carboxylic acids is 1. The second-order valence-corrected chi connectivity index (χ2v) is 9.19. The minimum absolute atomic E-state index is 0. The molecule has 0 aliphatic carbocycles. The van der Waals surface area contributed by atoms with Crippen LogP contribution in [-0.4, -0.2) is 52.9 Å². The van der Waals surface area contributed by atoms with E-state index in [0.29, 0.717) is 37.2 Å². The van der Waals surface area contributed by atoms with Crippen molar-refractivity contribution < 1.29 is 22.7 Å². The zero-order chi connectivity index (χ0) is 19.1. The summed E-state index contributed by atoms with van der Waals surface area (Å²) in [6.07, 6.45) is 3.99. The number of benzene rings is 1. The molecule has 1 atom stereocenters. The molecule has 2 aliphatic rings. The Bertz CT molecular complexity index is 751. The summed E-state index contributed by atoms with van der Waals surface area (Å²) in [6, 6.07) is 4.62. The van der Waals surface area contributed by atoms with Crippen molar-refractivity contribution in [3.8, 4) is 11.5 Å². The summed E-state index contributed by atoms with van der Waals surface area (Å²) in [5.74, 6) is 1.14. The number of hydrogen-bond acceptors (Lipinski definition) is 6. The Hall–Kier alpha value is -1.51. The maximum Gasteiger partial charge on any atom is 0.221 e. The van der Waals surface area contributed by atoms with Gasteiger partial charge in [-0.3, -0.25) is 4.79 Å². The van der Waals surface area contributed by atoms with Gasteiger partial charge in [-0.1, -0.05) is 0 Å². The van der Waals surface area contributed by atoms with Crippen molar-refractivity contribution in [3.05, 3.63) is 18.2 Å². The lowest BCUT2D eigenvalue weighted by molar-refractivity contribution is -0.120. The zero-order valence-electron chi connectivity index (χ0n) is 15.9. The number of rotatable bonds is 7. The molecule has 9 heteroatoms. The van der Waals surface area contributed by atoms with Gasteiger partial charge in [0, 0.05) is 25.5 Å². The molecule has 1 unspecified atom stereocenters. The van der Waals surface area contributed by atoms with Crippen LogP contribution in [0.4, 0.5) is 0 Å². The second-order valence-electron chi connectivity index (χ2n) is 7.08. The van der Waals surface area contributed by atoms with Gasteiger partial charge < -0.3 is 20.1 Å². The Morgan fingerprint density at radius 2 is 1.96 bits per heavy atom. The van der Waals surface area contributed by atoms with Crippen molar-refractivity contribution in [3.63, 3.8) is 0 Å². The molecule has 3 rings (SSSR count). The van der Waals surface area contributed by atoms with Crippen molar-refractivity contribution in [1.82, 2.24) is 10.6 Å². The van der Waals surface area contributed by atoms with Crippen LogP contribution in [0, 0.1) is 5.92 Å². The molecule has 1 aromatic rings. The summed E-state index contributed by atoms with van der Waals surface area (Å²) in [6.45, 7) is 3.70. The fraction of sp³-hybridized carbons (Fsp3) is 0.632. The molecule has 0 saturated carbocycles. The van der Waals surface area contributed by atoms with Crippen molar-refractivity contribution in [2.45, 2.75) is 37.0 Å². The second kappa shape index (κ2) is 10.9. The van der Waals surface area contributed by atoms with Crippen molar-refractivity contribution in [2.24, 2.45) is 5.92 Å². The van der Waals surface area contributed by atoms with E-state index in [4.69, 9.17) is 9.47 Å². The first kappa shape index (κ1) is 22.8. The van der Waals surface area contributed by atoms with Crippen molar-refractivity contribution in [1.29, 1.82) is 0 Å². The number of carbonyl (C=O) groups is 1. The number of sulfone groups is 1. The molecule has 2 N–H and O–H groups in total. The molecule has 1 saturated heterocycles. The molecule has 1 amide bonds. The van der Waals surface area contributed by atoms with Gasteiger partial charge in [-0.2, -0.15) is 0 Å². The van der Waals surface area contributed by atoms with Gasteiger partial charge in [0.2, 0.25) is 5.91 Å². The predicted molar refractivity (Wildman–Crippen MR) is 109 cm³/mol. The first-order valence-corrected chi connectivity index (χ1v) is 11.3. The third-order valence-corrected chi connectivity index (χ3v) is 6.66. The normalized spacial score (nSPS) is 19.2. The molecule has 1 aromatic carbocycles. The smallest absolute Gasteiger partial charge is 0.221 e. The van der Waals surface area contributed by atoms with E-state index in [1.807, 2.05) is 0 Å². The van der Waals surface area contributed by atoms with E-state index in [0.717, 1.165) is 25.9 Å². The number of piperidine rings is 1. The number of halogens is 1. The summed E-state index contributed by atoms with van der Waals surface area (Å²) < 4.78 is 36.2. The van der Waals surface area contributed by atoms with E-state index in [2.05, 4.69) is 10.6 Å². The van der Waals surface area contributed by atoms with Crippen LogP contribution in [0.3, 0.4) is 0 Å². The molecule has 0 bridgehead atoms. The van der Waals surface area contributed by atoms with E-state index in [1.54, 1.807) is 6.07 Å². The number of nitrogens with one attached hydrogen (secondary N) is 2. The summed E-state index contributed by atoms with van der Waals surface area (Å²) >= 11 is 0. The van der Waals surface area contributed by atoms with Crippen LogP contribution in [0.2, 0.25) is 0 Å². The molecular weight excluding hydrogens is 404 g/mol. The zero-order valence-corrected chi connectivity index (χ0v) is 17.6. The van der Waals surface area contributed by atoms with Crippen molar-refractivity contribution >= 4 is 28.2 Å². The fourth-order valence-corrected chi connectivity index (χ4v) is 4.61. The maximum absolute atomic E-state index is 12.5. The topological polar surface area (TPSA) is 93.7 Å². The first-order valence-electron chi connectivity index (χ1n) is 9.64. The standard InChI is InChI=1S/C19H28N2O5S.ClH/c22-19(21-9-6-15-3-1-8-20-14-15)7-12-27(23,24)16-4-5-17-18(13-16)26-11-2-10-25-17;/h4-5,13,15,20H,1-3,6-12,14H2,(H,21,22);1H. The molecule has 0 radical (unpaired) electrons. The monoisotopic (exact) mass is 432 g/mol. The highest BCUT2D eigenvalue weighted by Crippen LogP contribution is 2.32. The minimum atomic E-state index is -3.55. The lowest BCUT2D eigenvalue weighted by Crippen LogP contribution is -2.33. The quantitative estimate of drug-likeness (QED) is 0.683. The molecule has 158 valence electrons. The van der Waals surface area contributed by atoms with Gasteiger partial charge in [-0.25, -0.2) is 8.42 Å². The molecule has 0 spiro atoms. The summed E-state index contributed by atoms with van der Waals surface area (Å²) in [5.41, 5.74) is 0. The summed E-state index contributed by atoms with van der Waals surface area (Å²) in [7, 11) is -3.55. The highest BCUT2D eigenvalue weighted by atomic mass is 35.5. The van der Waals surface area contributed by atoms with Gasteiger partial charge in [0.1, 0.15) is 0 Å². The molecule has 7 nitrogen and oxygen atoms in total. The Morgan fingerprint density at radius 1 is 1.18 bits per heavy atom. The van der Waals surface area contributed by atoms with Crippen LogP contribution in [0.25, 0.3) is 0 Å². The average molecular weight is 433 g/mol. The minimum Gasteiger partial charge on any atom is -0.490 e. The van der Waals surface area contributed by atoms with Crippen LogP contribution < -0.4 is 20.1 Å². The van der Waals surface area contributed by atoms with Gasteiger partial charge in [-0.15, -0.1) is 12.4 Å². The third-order valence-electron chi connectivity index (χ3n) is 4.95. The van der Waals surface area contributed by atoms with Crippen LogP contribution in [0.5, 0.6) is 11.5 Å². The average Bonchev–Trinajstić information content (AvgIpc) is 2.92. The van der Waals surface area contributed by atoms with E-state index >= 15 is 0 Å². The number of fused-ring (bicyclic) bond motifs is 1. The van der Waals surface area contributed by atoms with Crippen LogP contribution in [0.15, 0.2) is 23.1 Å². The van der Waals surface area contributed by atoms with E-state index in [1.165, 1.54) is 25.0 Å². The maximum atomic E-state index is 12.5. The van der Waals surface area contributed by atoms with E-state index < -0.39 is 9.84 Å². The molecule has 0 aromatic heterocycles. The number of ether oxygens (including phenoxy) is 2. The van der Waals surface area contributed by atoms with Gasteiger partial charge >= 0.3 is 0 Å². The summed E-state index contributed by atoms with van der Waals surface area (Å²) in [5, 5.41) is 6.19. The van der Waals surface area contributed by atoms with Gasteiger partial charge in [-0.05, 0) is 50.4 Å². The number of hydrogen-bond donors (Lipinski definition) is 2. The Labute approximate surface area is 172 Å². The van der Waals surface area contributed by atoms with Crippen LogP contribution >= 0.6 is 12.4 Å². The molecule has 2 heterocycles. The highest BCUT2D eigenvalue weighted by Gasteiger charge is 2.20. The lowest BCUT2D eigenvalue weighted by atomic mass is 9.96. The number of amides is 1. The van der Waals surface area contributed by atoms with Gasteiger partial charge in [0.25, 0.3) is 0 Å². The summed E-state index contributed by atoms with van der Waals surface area (Å²) in [4.78, 5) is 12.2. The Morgan fingerprint density at radius 3 is 2.71 bits per heavy atom. The highest BCUT2D eigenvalue weighted by molar-refractivity contribution is 7.91. The molecule has 1 fully saturated rings. The Kier molecular flexibility index (Phi) is 8.85. The predicted octanol–water partition coefficient (Wildman–Crippen LogP) is 1.94. The van der Waals surface area contributed by atoms with E-state index in [9.17, 15) is 13.2 Å². The molecule has 2 aliphatic heterocycles. The third kappa shape index (κ3) is 6.53. The van der Waals surface area contributed by atoms with Gasteiger partial charge in [0.05, 0.1) is 23.9 Å².